The van der Waals surface area contributed by atoms with Gasteiger partial charge in [-0.05, 0) is 59.8 Å². The van der Waals surface area contributed by atoms with E-state index in [1.807, 2.05) is 0 Å². The van der Waals surface area contributed by atoms with Crippen molar-refractivity contribution in [3.63, 3.8) is 0 Å². The second kappa shape index (κ2) is 11.1. The SMILES string of the molecule is O=C(CN1C(=O)S/C(=C/c2cccc(OCc3ccc(Cl)cc3Cl)c2)C1=O)Nc1ccc(F)cc1F. The Hall–Kier alpha value is -3.40. The minimum Gasteiger partial charge on any atom is -0.489 e. The quantitative estimate of drug-likeness (QED) is 0.340. The molecule has 36 heavy (non-hydrogen) atoms. The molecule has 1 saturated heterocycles. The zero-order chi connectivity index (χ0) is 25.8. The van der Waals surface area contributed by atoms with Crippen molar-refractivity contribution in [1.82, 2.24) is 4.90 Å². The molecule has 0 aromatic heterocycles. The molecule has 4 rings (SSSR count). The Bertz CT molecular complexity index is 1400. The van der Waals surface area contributed by atoms with E-state index in [2.05, 4.69) is 5.32 Å². The first-order valence-electron chi connectivity index (χ1n) is 10.4. The Balaban J connectivity index is 1.41. The van der Waals surface area contributed by atoms with Gasteiger partial charge in [0.1, 0.15) is 30.5 Å². The van der Waals surface area contributed by atoms with Crippen LogP contribution in [0, 0.1) is 11.6 Å². The zero-order valence-electron chi connectivity index (χ0n) is 18.3. The molecule has 0 saturated carbocycles. The van der Waals surface area contributed by atoms with Crippen LogP contribution in [0.3, 0.4) is 0 Å². The van der Waals surface area contributed by atoms with E-state index >= 15 is 0 Å². The Labute approximate surface area is 218 Å². The Morgan fingerprint density at radius 1 is 1.06 bits per heavy atom. The molecule has 0 atom stereocenters. The van der Waals surface area contributed by atoms with Crippen molar-refractivity contribution in [2.45, 2.75) is 6.61 Å². The number of ether oxygens (including phenoxy) is 1. The van der Waals surface area contributed by atoms with Gasteiger partial charge in [-0.2, -0.15) is 0 Å². The van der Waals surface area contributed by atoms with Gasteiger partial charge < -0.3 is 10.1 Å². The van der Waals surface area contributed by atoms with E-state index < -0.39 is 35.2 Å². The van der Waals surface area contributed by atoms with Crippen molar-refractivity contribution in [2.24, 2.45) is 0 Å². The lowest BCUT2D eigenvalue weighted by molar-refractivity contribution is -0.127. The van der Waals surface area contributed by atoms with Gasteiger partial charge in [-0.25, -0.2) is 8.78 Å². The molecule has 0 spiro atoms. The molecular weight excluding hydrogens is 533 g/mol. The molecule has 1 N–H and O–H groups in total. The van der Waals surface area contributed by atoms with Gasteiger partial charge in [0.25, 0.3) is 11.1 Å². The van der Waals surface area contributed by atoms with Crippen molar-refractivity contribution in [3.8, 4) is 5.75 Å². The highest BCUT2D eigenvalue weighted by Crippen LogP contribution is 2.33. The van der Waals surface area contributed by atoms with Gasteiger partial charge >= 0.3 is 0 Å². The van der Waals surface area contributed by atoms with E-state index in [9.17, 15) is 23.2 Å². The van der Waals surface area contributed by atoms with E-state index in [0.29, 0.717) is 39.2 Å². The lowest BCUT2D eigenvalue weighted by atomic mass is 10.2. The molecule has 184 valence electrons. The highest BCUT2D eigenvalue weighted by molar-refractivity contribution is 8.18. The lowest BCUT2D eigenvalue weighted by Gasteiger charge is -2.12. The first-order chi connectivity index (χ1) is 17.2. The first-order valence-corrected chi connectivity index (χ1v) is 11.9. The van der Waals surface area contributed by atoms with E-state index in [-0.39, 0.29) is 17.2 Å². The number of rotatable bonds is 7. The van der Waals surface area contributed by atoms with Crippen molar-refractivity contribution in [2.75, 3.05) is 11.9 Å². The van der Waals surface area contributed by atoms with Crippen LogP contribution in [0.25, 0.3) is 6.08 Å². The van der Waals surface area contributed by atoms with Crippen LogP contribution < -0.4 is 10.1 Å². The fourth-order valence-corrected chi connectivity index (χ4v) is 4.51. The van der Waals surface area contributed by atoms with Crippen LogP contribution in [0.4, 0.5) is 19.3 Å². The van der Waals surface area contributed by atoms with Crippen LogP contribution in [0.2, 0.25) is 10.0 Å². The van der Waals surface area contributed by atoms with Crippen LogP contribution in [0.5, 0.6) is 5.75 Å². The maximum atomic E-state index is 13.8. The van der Waals surface area contributed by atoms with Gasteiger partial charge in [-0.3, -0.25) is 19.3 Å². The predicted octanol–water partition coefficient (Wildman–Crippen LogP) is 6.53. The number of hydrogen-bond donors (Lipinski definition) is 1. The first kappa shape index (κ1) is 25.7. The second-order valence-corrected chi connectivity index (χ2v) is 9.37. The number of carbonyl (C=O) groups excluding carboxylic acids is 3. The van der Waals surface area contributed by atoms with Gasteiger partial charge in [-0.15, -0.1) is 0 Å². The number of hydrogen-bond acceptors (Lipinski definition) is 5. The minimum atomic E-state index is -0.974. The third-order valence-corrected chi connectivity index (χ3v) is 6.44. The molecule has 0 aliphatic carbocycles. The standard InChI is InChI=1S/C25H16Cl2F2N2O4S/c26-16-5-4-15(19(27)10-16)13-35-18-3-1-2-14(8-18)9-22-24(33)31(25(34)36-22)12-23(32)30-21-7-6-17(28)11-20(21)29/h1-11H,12-13H2,(H,30,32)/b22-9+. The maximum absolute atomic E-state index is 13.8. The molecule has 1 heterocycles. The molecule has 3 aromatic carbocycles. The Morgan fingerprint density at radius 3 is 2.61 bits per heavy atom. The number of nitrogens with zero attached hydrogens (tertiary/aromatic N) is 1. The number of nitrogens with one attached hydrogen (secondary N) is 1. The van der Waals surface area contributed by atoms with Crippen LogP contribution in [0.1, 0.15) is 11.1 Å². The number of amides is 3. The Kier molecular flexibility index (Phi) is 7.93. The van der Waals surface area contributed by atoms with Gasteiger partial charge in [0, 0.05) is 21.7 Å². The molecule has 1 aliphatic heterocycles. The predicted molar refractivity (Wildman–Crippen MR) is 135 cm³/mol. The van der Waals surface area contributed by atoms with E-state index in [1.54, 1.807) is 42.5 Å². The summed E-state index contributed by atoms with van der Waals surface area (Å²) >= 11 is 12.7. The molecule has 3 aromatic rings. The summed E-state index contributed by atoms with van der Waals surface area (Å²) in [6.45, 7) is -0.427. The number of benzene rings is 3. The van der Waals surface area contributed by atoms with Crippen LogP contribution >= 0.6 is 35.0 Å². The third-order valence-electron chi connectivity index (χ3n) is 4.95. The van der Waals surface area contributed by atoms with Crippen molar-refractivity contribution >= 4 is 63.8 Å². The van der Waals surface area contributed by atoms with Crippen LogP contribution in [0.15, 0.2) is 65.6 Å². The zero-order valence-corrected chi connectivity index (χ0v) is 20.6. The van der Waals surface area contributed by atoms with Gasteiger partial charge in [0.05, 0.1) is 10.6 Å². The summed E-state index contributed by atoms with van der Waals surface area (Å²) in [5.74, 6) is -2.74. The van der Waals surface area contributed by atoms with Crippen LogP contribution in [-0.2, 0) is 16.2 Å². The highest BCUT2D eigenvalue weighted by atomic mass is 35.5. The summed E-state index contributed by atoms with van der Waals surface area (Å²) in [6, 6.07) is 14.6. The number of halogens is 4. The molecule has 3 amide bonds. The summed E-state index contributed by atoms with van der Waals surface area (Å²) < 4.78 is 32.6. The fourth-order valence-electron chi connectivity index (χ4n) is 3.21. The third kappa shape index (κ3) is 6.23. The van der Waals surface area contributed by atoms with Crippen molar-refractivity contribution in [1.29, 1.82) is 0 Å². The minimum absolute atomic E-state index is 0.110. The van der Waals surface area contributed by atoms with Crippen LogP contribution in [-0.4, -0.2) is 28.5 Å². The number of carbonyl (C=O) groups is 3. The number of anilines is 1. The van der Waals surface area contributed by atoms with Gasteiger partial charge in [-0.1, -0.05) is 41.4 Å². The highest BCUT2D eigenvalue weighted by Gasteiger charge is 2.36. The topological polar surface area (TPSA) is 75.7 Å². The van der Waals surface area contributed by atoms with E-state index in [0.717, 1.165) is 22.6 Å². The smallest absolute Gasteiger partial charge is 0.294 e. The largest absolute Gasteiger partial charge is 0.489 e. The van der Waals surface area contributed by atoms with Gasteiger partial charge in [0.2, 0.25) is 5.91 Å². The lowest BCUT2D eigenvalue weighted by Crippen LogP contribution is -2.36. The molecule has 1 aliphatic rings. The summed E-state index contributed by atoms with van der Waals surface area (Å²) in [6.07, 6.45) is 1.50. The van der Waals surface area contributed by atoms with Gasteiger partial charge in [0.15, 0.2) is 0 Å². The van der Waals surface area contributed by atoms with E-state index in [4.69, 9.17) is 27.9 Å². The molecule has 6 nitrogen and oxygen atoms in total. The van der Waals surface area contributed by atoms with Crippen molar-refractivity contribution in [3.05, 3.63) is 98.4 Å². The summed E-state index contributed by atoms with van der Waals surface area (Å²) in [7, 11) is 0. The maximum Gasteiger partial charge on any atom is 0.294 e. The number of thioether (sulfide) groups is 1. The summed E-state index contributed by atoms with van der Waals surface area (Å²) in [5.41, 5.74) is 1.07. The number of imide groups is 1. The average Bonchev–Trinajstić information content (AvgIpc) is 3.08. The molecule has 0 bridgehead atoms. The molecular formula is C25H16Cl2F2N2O4S. The molecule has 1 fully saturated rings. The van der Waals surface area contributed by atoms with Crippen molar-refractivity contribution < 1.29 is 27.9 Å². The second-order valence-electron chi connectivity index (χ2n) is 7.54. The monoisotopic (exact) mass is 548 g/mol. The normalized spacial score (nSPS) is 14.4. The Morgan fingerprint density at radius 2 is 1.86 bits per heavy atom. The van der Waals surface area contributed by atoms with E-state index in [1.165, 1.54) is 6.08 Å². The summed E-state index contributed by atoms with van der Waals surface area (Å²) in [4.78, 5) is 38.2. The molecule has 0 unspecified atom stereocenters. The molecule has 0 radical (unpaired) electrons. The fraction of sp³-hybridized carbons (Fsp3) is 0.0800. The summed E-state index contributed by atoms with van der Waals surface area (Å²) in [5, 5.41) is 2.56. The average molecular weight is 549 g/mol. The molecule has 11 heteroatoms.